The first-order valence-corrected chi connectivity index (χ1v) is 15.5. The van der Waals surface area contributed by atoms with Crippen LogP contribution >= 0.6 is 0 Å². The molecule has 0 bridgehead atoms. The lowest BCUT2D eigenvalue weighted by atomic mass is 9.74. The predicted molar refractivity (Wildman–Crippen MR) is 158 cm³/mol. The largest absolute Gasteiger partial charge is 0.509 e. The Morgan fingerprint density at radius 2 is 1.64 bits per heavy atom. The summed E-state index contributed by atoms with van der Waals surface area (Å²) in [4.78, 5) is 55.5. The van der Waals surface area contributed by atoms with Gasteiger partial charge in [0.25, 0.3) is 0 Å². The lowest BCUT2D eigenvalue weighted by Gasteiger charge is -2.47. The van der Waals surface area contributed by atoms with Crippen LogP contribution in [0.2, 0.25) is 0 Å². The third kappa shape index (κ3) is 7.20. The van der Waals surface area contributed by atoms with Crippen molar-refractivity contribution in [2.45, 2.75) is 122 Å². The molecule has 3 aliphatic heterocycles. The maximum Gasteiger partial charge on any atom is 0.509 e. The molecule has 0 radical (unpaired) electrons. The maximum atomic E-state index is 14.0. The molecular weight excluding hydrogens is 574 g/mol. The number of nitrogens with zero attached hydrogens (tertiary/aromatic N) is 1. The van der Waals surface area contributed by atoms with Crippen molar-refractivity contribution in [1.82, 2.24) is 4.90 Å². The average Bonchev–Trinajstić information content (AvgIpc) is 3.28. The lowest BCUT2D eigenvalue weighted by molar-refractivity contribution is -0.296. The van der Waals surface area contributed by atoms with Crippen molar-refractivity contribution < 1.29 is 52.7 Å². The van der Waals surface area contributed by atoms with E-state index in [-0.39, 0.29) is 31.0 Å². The summed E-state index contributed by atoms with van der Waals surface area (Å²) in [6, 6.07) is -0.281. The first-order chi connectivity index (χ1) is 20.4. The molecule has 0 amide bonds. The van der Waals surface area contributed by atoms with E-state index in [1.54, 1.807) is 40.7 Å². The zero-order chi connectivity index (χ0) is 33.3. The number of carbonyl (C=O) groups excluding carboxylic acids is 4. The number of aliphatic hydroxyl groups is 1. The first kappa shape index (κ1) is 36.1. The summed E-state index contributed by atoms with van der Waals surface area (Å²) in [5.74, 6) is -5.27. The van der Waals surface area contributed by atoms with Crippen LogP contribution in [-0.4, -0.2) is 108 Å². The van der Waals surface area contributed by atoms with Gasteiger partial charge in [-0.05, 0) is 61.6 Å². The second-order valence-corrected chi connectivity index (χ2v) is 13.4. The van der Waals surface area contributed by atoms with Crippen LogP contribution in [0.1, 0.15) is 68.2 Å². The summed E-state index contributed by atoms with van der Waals surface area (Å²) >= 11 is 0. The Balaban J connectivity index is 2.12. The molecule has 3 fully saturated rings. The fourth-order valence-electron chi connectivity index (χ4n) is 6.85. The molecule has 0 unspecified atom stereocenters. The summed E-state index contributed by atoms with van der Waals surface area (Å²) in [5, 5.41) is 11.3. The number of esters is 1. The lowest BCUT2D eigenvalue weighted by Crippen LogP contribution is -2.59. The van der Waals surface area contributed by atoms with Gasteiger partial charge < -0.3 is 38.4 Å². The van der Waals surface area contributed by atoms with Crippen LogP contribution in [0.25, 0.3) is 0 Å². The van der Waals surface area contributed by atoms with Crippen LogP contribution in [0.5, 0.6) is 0 Å². The number of fused-ring (bicyclic) bond motifs is 1. The third-order valence-electron chi connectivity index (χ3n) is 9.66. The van der Waals surface area contributed by atoms with E-state index >= 15 is 0 Å². The van der Waals surface area contributed by atoms with Gasteiger partial charge in [0.05, 0.1) is 30.3 Å². The molecule has 0 aromatic rings. The quantitative estimate of drug-likeness (QED) is 0.263. The Morgan fingerprint density at radius 1 is 1.00 bits per heavy atom. The van der Waals surface area contributed by atoms with Gasteiger partial charge in [0, 0.05) is 17.9 Å². The molecule has 0 saturated carbocycles. The number of Topliss-reactive ketones (excluding diaryl/α,β-unsaturated/α-hetero) is 2. The van der Waals surface area contributed by atoms with E-state index in [4.69, 9.17) is 28.4 Å². The SMILES string of the molecule is C=CCO[C@@]1(C)C[C@@H](C)C(=O)[C@H](C)[C@H]2OC(=O)O[C@]2(C)[C@@H](C)OC(=O)[C@H](C)C(=O)[C@H](C)[C@H]1O[C@@H]1O[C@H](C)C[C@H](N(C)C)[C@H]1O. The Hall–Kier alpha value is -2.38. The molecule has 250 valence electrons. The fourth-order valence-corrected chi connectivity index (χ4v) is 6.85. The smallest absolute Gasteiger partial charge is 0.458 e. The third-order valence-corrected chi connectivity index (χ3v) is 9.66. The van der Waals surface area contributed by atoms with E-state index < -0.39 is 83.5 Å². The van der Waals surface area contributed by atoms with Gasteiger partial charge in [-0.15, -0.1) is 6.58 Å². The number of likely N-dealkylation sites (N-methyl/N-ethyl adjacent to an activating group) is 1. The molecule has 1 N–H and O–H groups in total. The Kier molecular flexibility index (Phi) is 11.4. The van der Waals surface area contributed by atoms with Gasteiger partial charge in [-0.2, -0.15) is 0 Å². The maximum absolute atomic E-state index is 14.0. The van der Waals surface area contributed by atoms with Crippen molar-refractivity contribution in [3.8, 4) is 0 Å². The van der Waals surface area contributed by atoms with Crippen molar-refractivity contribution >= 4 is 23.7 Å². The number of hydrogen-bond acceptors (Lipinski definition) is 12. The molecule has 13 atom stereocenters. The molecular formula is C32H51NO11. The summed E-state index contributed by atoms with van der Waals surface area (Å²) < 4.78 is 35.5. The monoisotopic (exact) mass is 625 g/mol. The fraction of sp³-hybridized carbons (Fsp3) is 0.812. The molecule has 3 rings (SSSR count). The van der Waals surface area contributed by atoms with E-state index in [0.717, 1.165) is 0 Å². The molecule has 12 nitrogen and oxygen atoms in total. The average molecular weight is 626 g/mol. The van der Waals surface area contributed by atoms with Crippen LogP contribution in [0.15, 0.2) is 12.7 Å². The zero-order valence-electron chi connectivity index (χ0n) is 27.7. The number of cyclic esters (lactones) is 1. The first-order valence-electron chi connectivity index (χ1n) is 15.5. The number of rotatable bonds is 6. The van der Waals surface area contributed by atoms with Crippen LogP contribution in [0.4, 0.5) is 4.79 Å². The van der Waals surface area contributed by atoms with Crippen molar-refractivity contribution in [3.05, 3.63) is 12.7 Å². The highest BCUT2D eigenvalue weighted by atomic mass is 16.8. The summed E-state index contributed by atoms with van der Waals surface area (Å²) in [6.07, 6.45) is -4.36. The van der Waals surface area contributed by atoms with E-state index in [0.29, 0.717) is 6.42 Å². The standard InChI is InChI=1S/C32H51NO11/c1-12-13-39-31(8)15-16(2)23(34)18(4)27-32(9,44-30(38)43-27)21(7)41-28(37)20(6)24(35)19(5)26(31)42-29-25(36)22(33(10)11)14-17(3)40-29/h12,16-22,25-27,29,36H,1,13-15H2,2-11H3/t16-,17-,18+,19+,20-,21-,22+,25-,26-,27-,29+,31+,32-/m1/s1. The van der Waals surface area contributed by atoms with Crippen molar-refractivity contribution in [1.29, 1.82) is 0 Å². The minimum absolute atomic E-state index is 0.0692. The molecule has 3 heterocycles. The second-order valence-electron chi connectivity index (χ2n) is 13.4. The van der Waals surface area contributed by atoms with Crippen molar-refractivity contribution in [3.63, 3.8) is 0 Å². The van der Waals surface area contributed by atoms with Crippen molar-refractivity contribution in [2.24, 2.45) is 23.7 Å². The van der Waals surface area contributed by atoms with E-state index in [1.807, 2.05) is 25.9 Å². The number of aliphatic hydroxyl groups excluding tert-OH is 1. The van der Waals surface area contributed by atoms with Crippen molar-refractivity contribution in [2.75, 3.05) is 20.7 Å². The Bertz CT molecular complexity index is 1100. The predicted octanol–water partition coefficient (Wildman–Crippen LogP) is 3.07. The van der Waals surface area contributed by atoms with Crippen LogP contribution in [0.3, 0.4) is 0 Å². The van der Waals surface area contributed by atoms with Gasteiger partial charge in [0.15, 0.2) is 23.8 Å². The molecule has 3 saturated heterocycles. The minimum atomic E-state index is -1.47. The molecule has 12 heteroatoms. The van der Waals surface area contributed by atoms with Gasteiger partial charge in [-0.25, -0.2) is 4.79 Å². The summed E-state index contributed by atoms with van der Waals surface area (Å²) in [6.45, 7) is 17.0. The number of ether oxygens (including phenoxy) is 6. The van der Waals surface area contributed by atoms with Gasteiger partial charge >= 0.3 is 12.1 Å². The van der Waals surface area contributed by atoms with Crippen LogP contribution in [-0.2, 0) is 42.8 Å². The van der Waals surface area contributed by atoms with E-state index in [2.05, 4.69) is 6.58 Å². The highest BCUT2D eigenvalue weighted by molar-refractivity contribution is 6.00. The molecule has 0 aromatic carbocycles. The van der Waals surface area contributed by atoms with Gasteiger partial charge in [-0.1, -0.05) is 26.8 Å². The molecule has 0 aliphatic carbocycles. The Labute approximate surface area is 260 Å². The van der Waals surface area contributed by atoms with E-state index in [9.17, 15) is 24.3 Å². The topological polar surface area (TPSA) is 147 Å². The second kappa shape index (κ2) is 13.9. The summed E-state index contributed by atoms with van der Waals surface area (Å²) in [5.41, 5.74) is -2.77. The minimum Gasteiger partial charge on any atom is -0.458 e. The molecule has 0 spiro atoms. The molecule has 3 aliphatic rings. The zero-order valence-corrected chi connectivity index (χ0v) is 27.7. The van der Waals surface area contributed by atoms with Gasteiger partial charge in [0.1, 0.15) is 23.9 Å². The highest BCUT2D eigenvalue weighted by Gasteiger charge is 2.58. The Morgan fingerprint density at radius 3 is 2.23 bits per heavy atom. The van der Waals surface area contributed by atoms with Gasteiger partial charge in [-0.3, -0.25) is 14.4 Å². The molecule has 0 aromatic heterocycles. The number of carbonyl (C=O) groups is 4. The summed E-state index contributed by atoms with van der Waals surface area (Å²) in [7, 11) is 3.71. The van der Waals surface area contributed by atoms with Crippen LogP contribution < -0.4 is 0 Å². The highest BCUT2D eigenvalue weighted by Crippen LogP contribution is 2.41. The number of ketones is 2. The van der Waals surface area contributed by atoms with Gasteiger partial charge in [0.2, 0.25) is 0 Å². The number of hydrogen-bond donors (Lipinski definition) is 1. The van der Waals surface area contributed by atoms with Crippen LogP contribution in [0, 0.1) is 23.7 Å². The van der Waals surface area contributed by atoms with E-state index in [1.165, 1.54) is 13.8 Å². The normalized spacial score (nSPS) is 44.3. The molecule has 44 heavy (non-hydrogen) atoms.